The lowest BCUT2D eigenvalue weighted by Crippen LogP contribution is -2.59. The van der Waals surface area contributed by atoms with Crippen LogP contribution in [-0.2, 0) is 30.8 Å². The van der Waals surface area contributed by atoms with Gasteiger partial charge in [-0.1, -0.05) is 90.9 Å². The Morgan fingerprint density at radius 1 is 1.02 bits per heavy atom. The zero-order chi connectivity index (χ0) is 42.7. The Hall–Kier alpha value is -5.37. The number of fused-ring (bicyclic) bond motifs is 1. The van der Waals surface area contributed by atoms with Gasteiger partial charge >= 0.3 is 6.09 Å². The monoisotopic (exact) mass is 823 g/mol. The first-order valence-electron chi connectivity index (χ1n) is 20.1. The van der Waals surface area contributed by atoms with E-state index in [1.807, 2.05) is 43.3 Å². The standard InChI is InChI=1S/C46H55N4O8S/c1-8-32-27-46(32,43(53)49-59(55,56)34-19-15-12-16-20-34)48-41(51)40-24-29(28-50(40)42(52)39(10-3)47-44(54)58-45(4,5)6)23-31-25-37(30-17-13-11-14-18-30)35(9-2)38-26-33(57-7)21-22-36(31)38/h8,11-23,25-26,29,32,39-40,42,52H,1,9-10,24,27-28H2,2-7H3,(H,47,54)(H,48,51)(H,49,53)/q-1. The van der Waals surface area contributed by atoms with Crippen molar-refractivity contribution < 1.29 is 37.4 Å². The Balaban J connectivity index is 1.34. The summed E-state index contributed by atoms with van der Waals surface area (Å²) >= 11 is 0. The molecule has 2 fully saturated rings. The molecule has 1 saturated heterocycles. The van der Waals surface area contributed by atoms with Crippen molar-refractivity contribution in [1.29, 1.82) is 0 Å². The molecule has 1 aliphatic heterocycles. The van der Waals surface area contributed by atoms with E-state index >= 15 is 0 Å². The highest BCUT2D eigenvalue weighted by atomic mass is 32.2. The third kappa shape index (κ3) is 9.43. The Bertz CT molecular complexity index is 2300. The highest BCUT2D eigenvalue weighted by Gasteiger charge is 2.61. The molecule has 3 amide bonds. The van der Waals surface area contributed by atoms with Gasteiger partial charge in [-0.25, -0.2) is 17.9 Å². The molecule has 4 aromatic rings. The molecule has 4 N–H and O–H groups in total. The van der Waals surface area contributed by atoms with E-state index in [2.05, 4.69) is 53.5 Å². The third-order valence-corrected chi connectivity index (χ3v) is 12.5. The fourth-order valence-electron chi connectivity index (χ4n) is 8.12. The number of nitrogens with one attached hydrogen (secondary N) is 3. The van der Waals surface area contributed by atoms with Gasteiger partial charge in [0, 0.05) is 5.92 Å². The second-order valence-electron chi connectivity index (χ2n) is 16.3. The summed E-state index contributed by atoms with van der Waals surface area (Å²) in [5.74, 6) is -1.53. The van der Waals surface area contributed by atoms with Crippen molar-refractivity contribution in [1.82, 2.24) is 20.3 Å². The normalized spacial score (nSPS) is 21.5. The van der Waals surface area contributed by atoms with Crippen molar-refractivity contribution in [2.24, 2.45) is 11.8 Å². The van der Waals surface area contributed by atoms with Crippen LogP contribution in [0.2, 0.25) is 0 Å². The van der Waals surface area contributed by atoms with Gasteiger partial charge in [-0.05, 0) is 82.8 Å². The quantitative estimate of drug-likeness (QED) is 0.0774. The lowest BCUT2D eigenvalue weighted by Gasteiger charge is -2.35. The highest BCUT2D eigenvalue weighted by molar-refractivity contribution is 7.90. The maximum atomic E-state index is 14.6. The van der Waals surface area contributed by atoms with E-state index in [4.69, 9.17) is 9.47 Å². The first kappa shape index (κ1) is 43.2. The van der Waals surface area contributed by atoms with Gasteiger partial charge in [0.25, 0.3) is 15.9 Å². The summed E-state index contributed by atoms with van der Waals surface area (Å²) in [5.41, 5.74) is 1.88. The molecule has 6 unspecified atom stereocenters. The Morgan fingerprint density at radius 2 is 1.69 bits per heavy atom. The van der Waals surface area contributed by atoms with Crippen LogP contribution < -0.4 is 20.1 Å². The number of sulfonamides is 1. The van der Waals surface area contributed by atoms with Crippen LogP contribution in [0, 0.1) is 18.3 Å². The largest absolute Gasteiger partial charge is 0.497 e. The number of likely N-dealkylation sites (tertiary alicyclic amines) is 1. The summed E-state index contributed by atoms with van der Waals surface area (Å²) in [6, 6.07) is 24.0. The predicted octanol–water partition coefficient (Wildman–Crippen LogP) is 6.51. The fraction of sp³-hybridized carbons (Fsp3) is 0.391. The van der Waals surface area contributed by atoms with Crippen molar-refractivity contribution in [2.75, 3.05) is 13.7 Å². The summed E-state index contributed by atoms with van der Waals surface area (Å²) in [4.78, 5) is 42.9. The summed E-state index contributed by atoms with van der Waals surface area (Å²) in [5, 5.41) is 19.7. The molecule has 0 bridgehead atoms. The summed E-state index contributed by atoms with van der Waals surface area (Å²) in [7, 11) is -2.61. The number of rotatable bonds is 15. The van der Waals surface area contributed by atoms with Gasteiger partial charge in [0.2, 0.25) is 5.91 Å². The average Bonchev–Trinajstić information content (AvgIpc) is 3.77. The Morgan fingerprint density at radius 3 is 2.29 bits per heavy atom. The second-order valence-corrected chi connectivity index (χ2v) is 18.0. The van der Waals surface area contributed by atoms with Gasteiger partial charge in [-0.2, -0.15) is 18.1 Å². The third-order valence-electron chi connectivity index (χ3n) is 11.2. The van der Waals surface area contributed by atoms with Crippen LogP contribution >= 0.6 is 0 Å². The van der Waals surface area contributed by atoms with Crippen LogP contribution in [0.1, 0.15) is 65.0 Å². The van der Waals surface area contributed by atoms with E-state index < -0.39 is 63.3 Å². The number of ether oxygens (including phenoxy) is 2. The fourth-order valence-corrected chi connectivity index (χ4v) is 9.18. The molecule has 13 heteroatoms. The molecule has 1 aliphatic carbocycles. The molecule has 2 aliphatic rings. The topological polar surface area (TPSA) is 163 Å². The molecule has 6 rings (SSSR count). The zero-order valence-electron chi connectivity index (χ0n) is 34.5. The number of hydrogen-bond donors (Lipinski definition) is 4. The maximum absolute atomic E-state index is 14.6. The number of benzene rings is 4. The molecule has 1 saturated carbocycles. The first-order chi connectivity index (χ1) is 28.0. The molecule has 0 spiro atoms. The van der Waals surface area contributed by atoms with Crippen LogP contribution in [-0.4, -0.2) is 79.4 Å². The van der Waals surface area contributed by atoms with Crippen LogP contribution in [0.15, 0.2) is 102 Å². The number of amides is 3. The van der Waals surface area contributed by atoms with E-state index in [1.54, 1.807) is 51.0 Å². The van der Waals surface area contributed by atoms with Gasteiger partial charge in [-0.15, -0.1) is 18.0 Å². The number of alkyl carbamates (subject to hydrolysis) is 1. The SMILES string of the molecule is C=CC1CC1(NC(=O)C1CC([CH-]c2cc(-c3ccccc3)c(CC)c3cc(OC)ccc23)CN1C(O)C(CC)NC(=O)OC(C)(C)C)C(=O)NS(=O)(=O)c1ccccc1. The number of nitrogens with zero attached hydrogens (tertiary/aromatic N) is 1. The van der Waals surface area contributed by atoms with E-state index in [1.165, 1.54) is 23.8 Å². The number of carbonyl (C=O) groups is 3. The number of aliphatic hydroxyl groups is 1. The molecule has 0 aromatic heterocycles. The number of aryl methyl sites for hydroxylation is 1. The molecule has 0 radical (unpaired) electrons. The minimum atomic E-state index is -4.25. The average molecular weight is 824 g/mol. The Labute approximate surface area is 347 Å². The van der Waals surface area contributed by atoms with Crippen LogP contribution in [0.25, 0.3) is 21.9 Å². The van der Waals surface area contributed by atoms with Crippen molar-refractivity contribution in [3.63, 3.8) is 0 Å². The highest BCUT2D eigenvalue weighted by Crippen LogP contribution is 2.46. The van der Waals surface area contributed by atoms with Crippen molar-refractivity contribution in [2.45, 2.75) is 94.6 Å². The summed E-state index contributed by atoms with van der Waals surface area (Å²) in [6.07, 6.45) is 3.08. The number of aliphatic hydroxyl groups excluding tert-OH is 1. The molecular formula is C46H55N4O8S-. The van der Waals surface area contributed by atoms with E-state index in [0.717, 1.165) is 39.6 Å². The minimum absolute atomic E-state index is 0.0921. The maximum Gasteiger partial charge on any atom is 0.408 e. The van der Waals surface area contributed by atoms with E-state index in [-0.39, 0.29) is 30.2 Å². The molecular weight excluding hydrogens is 769 g/mol. The lowest BCUT2D eigenvalue weighted by atomic mass is 9.86. The molecule has 12 nitrogen and oxygen atoms in total. The van der Waals surface area contributed by atoms with Gasteiger partial charge in [0.15, 0.2) is 0 Å². The predicted molar refractivity (Wildman–Crippen MR) is 228 cm³/mol. The van der Waals surface area contributed by atoms with E-state index in [0.29, 0.717) is 6.42 Å². The summed E-state index contributed by atoms with van der Waals surface area (Å²) in [6.45, 7) is 13.2. The number of methoxy groups -OCH3 is 1. The van der Waals surface area contributed by atoms with Crippen molar-refractivity contribution in [3.05, 3.63) is 115 Å². The number of carbonyl (C=O) groups excluding carboxylic acids is 3. The molecule has 314 valence electrons. The van der Waals surface area contributed by atoms with Crippen molar-refractivity contribution in [3.8, 4) is 16.9 Å². The smallest absolute Gasteiger partial charge is 0.408 e. The Kier molecular flexibility index (Phi) is 12.8. The van der Waals surface area contributed by atoms with Crippen LogP contribution in [0.4, 0.5) is 4.79 Å². The minimum Gasteiger partial charge on any atom is -0.497 e. The van der Waals surface area contributed by atoms with Gasteiger partial charge in [0.1, 0.15) is 23.1 Å². The first-order valence-corrected chi connectivity index (χ1v) is 21.6. The number of hydrogen-bond acceptors (Lipinski definition) is 9. The molecule has 1 heterocycles. The van der Waals surface area contributed by atoms with Crippen LogP contribution in [0.3, 0.4) is 0 Å². The van der Waals surface area contributed by atoms with Crippen molar-refractivity contribution >= 4 is 38.7 Å². The molecule has 4 aromatic carbocycles. The molecule has 59 heavy (non-hydrogen) atoms. The lowest BCUT2D eigenvalue weighted by molar-refractivity contribution is -0.135. The molecule has 6 atom stereocenters. The summed E-state index contributed by atoms with van der Waals surface area (Å²) < 4.78 is 39.7. The second kappa shape index (κ2) is 17.5. The zero-order valence-corrected chi connectivity index (χ0v) is 35.3. The van der Waals surface area contributed by atoms with Crippen LogP contribution in [0.5, 0.6) is 5.75 Å². The van der Waals surface area contributed by atoms with Gasteiger partial charge in [0.05, 0.1) is 24.1 Å². The van der Waals surface area contributed by atoms with Gasteiger partial charge in [-0.3, -0.25) is 14.5 Å². The van der Waals surface area contributed by atoms with Gasteiger partial charge < -0.3 is 25.2 Å². The van der Waals surface area contributed by atoms with E-state index in [9.17, 15) is 27.9 Å².